The molecule has 4 heterocycles. The summed E-state index contributed by atoms with van der Waals surface area (Å²) in [5, 5.41) is 3.51. The van der Waals surface area contributed by atoms with Crippen LogP contribution >= 0.6 is 11.3 Å². The minimum Gasteiger partial charge on any atom is -0.494 e. The summed E-state index contributed by atoms with van der Waals surface area (Å²) in [6.07, 6.45) is 4.27. The van der Waals surface area contributed by atoms with Crippen LogP contribution in [0.25, 0.3) is 10.2 Å². The number of hydrogen-bond acceptors (Lipinski definition) is 9. The van der Waals surface area contributed by atoms with Gasteiger partial charge >= 0.3 is 0 Å². The van der Waals surface area contributed by atoms with Crippen molar-refractivity contribution in [3.63, 3.8) is 0 Å². The Morgan fingerprint density at radius 1 is 1.16 bits per heavy atom. The van der Waals surface area contributed by atoms with Crippen LogP contribution in [0.2, 0.25) is 0 Å². The molecule has 1 aliphatic heterocycles. The van der Waals surface area contributed by atoms with Crippen molar-refractivity contribution in [1.29, 1.82) is 0 Å². The Morgan fingerprint density at radius 2 is 2.03 bits per heavy atom. The van der Waals surface area contributed by atoms with E-state index in [1.807, 2.05) is 30.3 Å². The number of thiazole rings is 1. The number of nitrogens with one attached hydrogen (secondary N) is 1. The van der Waals surface area contributed by atoms with Crippen LogP contribution in [-0.2, 0) is 11.2 Å². The van der Waals surface area contributed by atoms with Crippen molar-refractivity contribution in [1.82, 2.24) is 15.0 Å². The van der Waals surface area contributed by atoms with Gasteiger partial charge in [-0.15, -0.1) is 0 Å². The van der Waals surface area contributed by atoms with Gasteiger partial charge in [-0.1, -0.05) is 17.4 Å². The van der Waals surface area contributed by atoms with Crippen molar-refractivity contribution in [2.45, 2.75) is 13.3 Å². The number of ether oxygens (including phenoxy) is 2. The molecule has 0 unspecified atom stereocenters. The topological polar surface area (TPSA) is 92.7 Å². The van der Waals surface area contributed by atoms with E-state index in [4.69, 9.17) is 14.5 Å². The number of carbonyl (C=O) groups excluding carboxylic acids is 1. The maximum absolute atomic E-state index is 13.2. The number of nitrogens with zero attached hydrogens (tertiary/aromatic N) is 5. The standard InChI is InChI=1S/C27H30N6O3S/c1-3-32(13-10-20-6-4-5-11-28-20)23-18-19(9-12-29-23)26(34)31-27-30-24-22(35-2)8-7-21(25(24)37-27)33-14-16-36-17-15-33/h4-9,11-12,18H,3,10,13-17H2,1-2H3,(H,30,31,34). The molecule has 4 aromatic rings. The predicted molar refractivity (Wildman–Crippen MR) is 147 cm³/mol. The second-order valence-electron chi connectivity index (χ2n) is 8.59. The molecule has 1 fully saturated rings. The Balaban J connectivity index is 1.34. The van der Waals surface area contributed by atoms with Crippen molar-refractivity contribution in [2.24, 2.45) is 0 Å². The van der Waals surface area contributed by atoms with Crippen molar-refractivity contribution in [3.8, 4) is 5.75 Å². The monoisotopic (exact) mass is 518 g/mol. The molecular formula is C27H30N6O3S. The average Bonchev–Trinajstić information content (AvgIpc) is 3.37. The van der Waals surface area contributed by atoms with E-state index in [0.717, 1.165) is 60.0 Å². The second-order valence-corrected chi connectivity index (χ2v) is 9.59. The molecule has 0 bridgehead atoms. The lowest BCUT2D eigenvalue weighted by atomic mass is 10.2. The number of anilines is 3. The number of likely N-dealkylation sites (N-methyl/N-ethyl adjacent to an activating group) is 1. The number of amides is 1. The predicted octanol–water partition coefficient (Wildman–Crippen LogP) is 4.25. The number of hydrogen-bond donors (Lipinski definition) is 1. The molecule has 192 valence electrons. The van der Waals surface area contributed by atoms with E-state index in [0.29, 0.717) is 29.7 Å². The largest absolute Gasteiger partial charge is 0.494 e. The number of fused-ring (bicyclic) bond motifs is 1. The first-order chi connectivity index (χ1) is 18.2. The Hall–Kier alpha value is -3.76. The molecule has 1 saturated heterocycles. The van der Waals surface area contributed by atoms with Crippen LogP contribution in [0.4, 0.5) is 16.6 Å². The van der Waals surface area contributed by atoms with E-state index in [1.54, 1.807) is 25.6 Å². The third-order valence-electron chi connectivity index (χ3n) is 6.36. The molecular weight excluding hydrogens is 488 g/mol. The average molecular weight is 519 g/mol. The van der Waals surface area contributed by atoms with Crippen molar-refractivity contribution in [2.75, 3.05) is 61.6 Å². The van der Waals surface area contributed by atoms with Gasteiger partial charge in [0, 0.05) is 56.3 Å². The summed E-state index contributed by atoms with van der Waals surface area (Å²) in [5.74, 6) is 1.21. The summed E-state index contributed by atoms with van der Waals surface area (Å²) >= 11 is 1.45. The second kappa shape index (κ2) is 11.5. The first-order valence-electron chi connectivity index (χ1n) is 12.4. The normalized spacial score (nSPS) is 13.5. The van der Waals surface area contributed by atoms with E-state index in [-0.39, 0.29) is 5.91 Å². The van der Waals surface area contributed by atoms with Gasteiger partial charge in [0.25, 0.3) is 5.91 Å². The molecule has 37 heavy (non-hydrogen) atoms. The fourth-order valence-corrected chi connectivity index (χ4v) is 5.39. The van der Waals surface area contributed by atoms with Crippen LogP contribution in [0.1, 0.15) is 23.0 Å². The summed E-state index contributed by atoms with van der Waals surface area (Å²) < 4.78 is 12.0. The molecule has 1 aromatic carbocycles. The first-order valence-corrected chi connectivity index (χ1v) is 13.2. The zero-order valence-corrected chi connectivity index (χ0v) is 21.8. The summed E-state index contributed by atoms with van der Waals surface area (Å²) in [4.78, 5) is 31.3. The molecule has 0 spiro atoms. The number of morpholine rings is 1. The number of benzene rings is 1. The minimum absolute atomic E-state index is 0.227. The SMILES string of the molecule is CCN(CCc1ccccn1)c1cc(C(=O)Nc2nc3c(OC)ccc(N4CCOCC4)c3s2)ccn1. The zero-order chi connectivity index (χ0) is 25.6. The van der Waals surface area contributed by atoms with Gasteiger partial charge in [-0.25, -0.2) is 9.97 Å². The van der Waals surface area contributed by atoms with Gasteiger partial charge in [-0.3, -0.25) is 15.1 Å². The lowest BCUT2D eigenvalue weighted by molar-refractivity contribution is 0.102. The van der Waals surface area contributed by atoms with Crippen molar-refractivity contribution in [3.05, 3.63) is 66.1 Å². The van der Waals surface area contributed by atoms with Crippen LogP contribution < -0.4 is 19.9 Å². The minimum atomic E-state index is -0.227. The Morgan fingerprint density at radius 3 is 2.78 bits per heavy atom. The zero-order valence-electron chi connectivity index (χ0n) is 21.0. The summed E-state index contributed by atoms with van der Waals surface area (Å²) in [6, 6.07) is 13.4. The fourth-order valence-electron chi connectivity index (χ4n) is 4.37. The van der Waals surface area contributed by atoms with E-state index < -0.39 is 0 Å². The molecule has 1 aliphatic rings. The van der Waals surface area contributed by atoms with Crippen molar-refractivity contribution < 1.29 is 14.3 Å². The van der Waals surface area contributed by atoms with Gasteiger partial charge < -0.3 is 19.3 Å². The summed E-state index contributed by atoms with van der Waals surface area (Å²) in [5.41, 5.74) is 3.38. The molecule has 5 rings (SSSR count). The quantitative estimate of drug-likeness (QED) is 0.352. The molecule has 9 nitrogen and oxygen atoms in total. The fraction of sp³-hybridized carbons (Fsp3) is 0.333. The molecule has 0 atom stereocenters. The number of aromatic nitrogens is 3. The number of methoxy groups -OCH3 is 1. The maximum Gasteiger partial charge on any atom is 0.257 e. The number of pyridine rings is 2. The highest BCUT2D eigenvalue weighted by Crippen LogP contribution is 2.39. The van der Waals surface area contributed by atoms with E-state index in [1.165, 1.54) is 11.3 Å². The molecule has 10 heteroatoms. The van der Waals surface area contributed by atoms with E-state index in [9.17, 15) is 4.79 Å². The van der Waals surface area contributed by atoms with E-state index in [2.05, 4.69) is 38.1 Å². The highest BCUT2D eigenvalue weighted by molar-refractivity contribution is 7.23. The van der Waals surface area contributed by atoms with E-state index >= 15 is 0 Å². The third-order valence-corrected chi connectivity index (χ3v) is 7.35. The highest BCUT2D eigenvalue weighted by atomic mass is 32.1. The number of carbonyl (C=O) groups is 1. The van der Waals surface area contributed by atoms with Crippen LogP contribution in [0.15, 0.2) is 54.9 Å². The lowest BCUT2D eigenvalue weighted by Gasteiger charge is -2.29. The molecule has 0 radical (unpaired) electrons. The van der Waals surface area contributed by atoms with Gasteiger partial charge in [0.15, 0.2) is 5.13 Å². The Bertz CT molecular complexity index is 1360. The van der Waals surface area contributed by atoms with Crippen LogP contribution in [0.3, 0.4) is 0 Å². The molecule has 0 aliphatic carbocycles. The van der Waals surface area contributed by atoms with Crippen molar-refractivity contribution >= 4 is 44.1 Å². The van der Waals surface area contributed by atoms with Gasteiger partial charge in [-0.05, 0) is 43.3 Å². The van der Waals surface area contributed by atoms with Gasteiger partial charge in [0.1, 0.15) is 17.1 Å². The Kier molecular flexibility index (Phi) is 7.76. The van der Waals surface area contributed by atoms with Gasteiger partial charge in [-0.2, -0.15) is 0 Å². The molecule has 1 amide bonds. The van der Waals surface area contributed by atoms with Gasteiger partial charge in [0.2, 0.25) is 0 Å². The Labute approximate surface area is 220 Å². The summed E-state index contributed by atoms with van der Waals surface area (Å²) in [6.45, 7) is 6.62. The van der Waals surface area contributed by atoms with Crippen LogP contribution in [-0.4, -0.2) is 67.4 Å². The van der Waals surface area contributed by atoms with Gasteiger partial charge in [0.05, 0.1) is 30.7 Å². The first kappa shape index (κ1) is 24.9. The maximum atomic E-state index is 13.2. The molecule has 3 aromatic heterocycles. The number of rotatable bonds is 9. The summed E-state index contributed by atoms with van der Waals surface area (Å²) in [7, 11) is 1.63. The lowest BCUT2D eigenvalue weighted by Crippen LogP contribution is -2.36. The molecule has 0 saturated carbocycles. The van der Waals surface area contributed by atoms with Crippen LogP contribution in [0.5, 0.6) is 5.75 Å². The third kappa shape index (κ3) is 5.65. The van der Waals surface area contributed by atoms with Crippen LogP contribution in [0, 0.1) is 0 Å². The highest BCUT2D eigenvalue weighted by Gasteiger charge is 2.20. The molecule has 1 N–H and O–H groups in total. The smallest absolute Gasteiger partial charge is 0.257 e.